The van der Waals surface area contributed by atoms with E-state index >= 15 is 0 Å². The molecule has 1 aromatic carbocycles. The Morgan fingerprint density at radius 2 is 1.74 bits per heavy atom. The van der Waals surface area contributed by atoms with E-state index in [2.05, 4.69) is 21.3 Å². The van der Waals surface area contributed by atoms with Gasteiger partial charge in [-0.3, -0.25) is 19.2 Å². The number of ether oxygens (including phenoxy) is 2. The molecule has 0 saturated carbocycles. The Labute approximate surface area is 198 Å². The molecular formula is C23H30N4O7. The Bertz CT molecular complexity index is 961. The van der Waals surface area contributed by atoms with Crippen LogP contribution in [-0.2, 0) is 28.7 Å². The monoisotopic (exact) mass is 474 g/mol. The quantitative estimate of drug-likeness (QED) is 0.341. The molecule has 1 rings (SSSR count). The third-order valence-electron chi connectivity index (χ3n) is 4.41. The standard InChI is InChI=1S/C23H30N4O7/c1-7-14-8-10-15(11-9-14)19(20(30)25-13-18(29)33-6)27(5)21(31)16(12-17(24)28)26-22(32)34-23(2,3)4/h1,8-11,16,19H,12-13H2,2-6H3,(H2,24,28)(H,25,30)(H,26,32). The number of nitrogens with one attached hydrogen (secondary N) is 2. The van der Waals surface area contributed by atoms with Gasteiger partial charge in [0.15, 0.2) is 0 Å². The van der Waals surface area contributed by atoms with Crippen LogP contribution >= 0.6 is 0 Å². The Morgan fingerprint density at radius 3 is 2.21 bits per heavy atom. The number of hydrogen-bond acceptors (Lipinski definition) is 7. The highest BCUT2D eigenvalue weighted by atomic mass is 16.6. The summed E-state index contributed by atoms with van der Waals surface area (Å²) in [7, 11) is 2.47. The van der Waals surface area contributed by atoms with Gasteiger partial charge in [-0.15, -0.1) is 6.42 Å². The number of primary amides is 1. The first kappa shape index (κ1) is 28.0. The maximum Gasteiger partial charge on any atom is 0.408 e. The molecule has 0 aliphatic heterocycles. The number of amides is 4. The van der Waals surface area contributed by atoms with Crippen molar-refractivity contribution in [1.82, 2.24) is 15.5 Å². The molecule has 0 aliphatic carbocycles. The number of esters is 1. The van der Waals surface area contributed by atoms with Gasteiger partial charge in [-0.25, -0.2) is 4.79 Å². The molecule has 0 aliphatic rings. The predicted octanol–water partition coefficient (Wildman–Crippen LogP) is 0.225. The molecule has 34 heavy (non-hydrogen) atoms. The summed E-state index contributed by atoms with van der Waals surface area (Å²) in [6.07, 6.45) is 3.90. The van der Waals surface area contributed by atoms with Gasteiger partial charge >= 0.3 is 12.1 Å². The van der Waals surface area contributed by atoms with Crippen LogP contribution in [0.5, 0.6) is 0 Å². The molecule has 0 bridgehead atoms. The molecule has 1 aromatic rings. The van der Waals surface area contributed by atoms with Crippen LogP contribution < -0.4 is 16.4 Å². The van der Waals surface area contributed by atoms with Gasteiger partial charge in [0.1, 0.15) is 24.2 Å². The highest BCUT2D eigenvalue weighted by Gasteiger charge is 2.35. The number of nitrogens with zero attached hydrogens (tertiary/aromatic N) is 1. The first-order chi connectivity index (χ1) is 15.8. The van der Waals surface area contributed by atoms with E-state index in [9.17, 15) is 24.0 Å². The van der Waals surface area contributed by atoms with Crippen molar-refractivity contribution < 1.29 is 33.4 Å². The molecule has 4 amide bonds. The fourth-order valence-electron chi connectivity index (χ4n) is 2.86. The number of benzene rings is 1. The summed E-state index contributed by atoms with van der Waals surface area (Å²) < 4.78 is 9.67. The lowest BCUT2D eigenvalue weighted by molar-refractivity contribution is -0.144. The predicted molar refractivity (Wildman–Crippen MR) is 122 cm³/mol. The van der Waals surface area contributed by atoms with Crippen LogP contribution in [0.4, 0.5) is 4.79 Å². The van der Waals surface area contributed by atoms with E-state index in [0.717, 1.165) is 12.0 Å². The van der Waals surface area contributed by atoms with Crippen LogP contribution in [0, 0.1) is 12.3 Å². The van der Waals surface area contributed by atoms with Gasteiger partial charge in [0.05, 0.1) is 13.5 Å². The van der Waals surface area contributed by atoms with Crippen molar-refractivity contribution in [3.63, 3.8) is 0 Å². The summed E-state index contributed by atoms with van der Waals surface area (Å²) in [6, 6.07) is 3.61. The van der Waals surface area contributed by atoms with Gasteiger partial charge in [-0.2, -0.15) is 0 Å². The summed E-state index contributed by atoms with van der Waals surface area (Å²) in [4.78, 5) is 62.5. The Balaban J connectivity index is 3.27. The molecule has 2 unspecified atom stereocenters. The third kappa shape index (κ3) is 8.82. The second kappa shape index (κ2) is 12.2. The van der Waals surface area contributed by atoms with Crippen molar-refractivity contribution in [1.29, 1.82) is 0 Å². The maximum atomic E-state index is 13.3. The van der Waals surface area contributed by atoms with Crippen LogP contribution in [0.15, 0.2) is 24.3 Å². The summed E-state index contributed by atoms with van der Waals surface area (Å²) in [5.41, 5.74) is 5.32. The van der Waals surface area contributed by atoms with E-state index in [1.165, 1.54) is 7.05 Å². The van der Waals surface area contributed by atoms with Gasteiger partial charge in [-0.1, -0.05) is 18.1 Å². The molecule has 0 aromatic heterocycles. The smallest absolute Gasteiger partial charge is 0.408 e. The average Bonchev–Trinajstić information content (AvgIpc) is 2.75. The van der Waals surface area contributed by atoms with E-state index in [4.69, 9.17) is 16.9 Å². The first-order valence-electron chi connectivity index (χ1n) is 10.2. The van der Waals surface area contributed by atoms with Crippen LogP contribution in [-0.4, -0.2) is 67.0 Å². The second-order valence-electron chi connectivity index (χ2n) is 8.28. The van der Waals surface area contributed by atoms with Crippen LogP contribution in [0.3, 0.4) is 0 Å². The fraction of sp³-hybridized carbons (Fsp3) is 0.435. The molecule has 184 valence electrons. The molecule has 11 heteroatoms. The number of carbonyl (C=O) groups excluding carboxylic acids is 5. The zero-order chi connectivity index (χ0) is 26.1. The van der Waals surface area contributed by atoms with Crippen molar-refractivity contribution in [3.05, 3.63) is 35.4 Å². The number of methoxy groups -OCH3 is 1. The van der Waals surface area contributed by atoms with Gasteiger partial charge in [0.25, 0.3) is 0 Å². The third-order valence-corrected chi connectivity index (χ3v) is 4.41. The Morgan fingerprint density at radius 1 is 1.15 bits per heavy atom. The minimum atomic E-state index is -1.40. The molecule has 11 nitrogen and oxygen atoms in total. The van der Waals surface area contributed by atoms with Crippen molar-refractivity contribution >= 4 is 29.8 Å². The zero-order valence-corrected chi connectivity index (χ0v) is 19.8. The summed E-state index contributed by atoms with van der Waals surface area (Å²) >= 11 is 0. The molecule has 4 N–H and O–H groups in total. The average molecular weight is 475 g/mol. The Kier molecular flexibility index (Phi) is 10.1. The molecule has 0 fully saturated rings. The van der Waals surface area contributed by atoms with Crippen molar-refractivity contribution in [2.24, 2.45) is 5.73 Å². The fourth-order valence-corrected chi connectivity index (χ4v) is 2.86. The van der Waals surface area contributed by atoms with Crippen molar-refractivity contribution in [2.75, 3.05) is 20.7 Å². The number of terminal acetylenes is 1. The molecular weight excluding hydrogens is 444 g/mol. The maximum absolute atomic E-state index is 13.3. The van der Waals surface area contributed by atoms with Crippen LogP contribution in [0.25, 0.3) is 0 Å². The summed E-state index contributed by atoms with van der Waals surface area (Å²) in [5, 5.41) is 4.72. The highest BCUT2D eigenvalue weighted by molar-refractivity contribution is 5.95. The van der Waals surface area contributed by atoms with Crippen molar-refractivity contribution in [3.8, 4) is 12.3 Å². The van der Waals surface area contributed by atoms with E-state index in [1.54, 1.807) is 45.0 Å². The van der Waals surface area contributed by atoms with Gasteiger partial charge in [-0.05, 0) is 38.5 Å². The highest BCUT2D eigenvalue weighted by Crippen LogP contribution is 2.22. The molecule has 0 heterocycles. The number of alkyl carbamates (subject to hydrolysis) is 1. The van der Waals surface area contributed by atoms with Crippen molar-refractivity contribution in [2.45, 2.75) is 44.9 Å². The van der Waals surface area contributed by atoms with E-state index < -0.39 is 60.4 Å². The van der Waals surface area contributed by atoms with Crippen LogP contribution in [0.2, 0.25) is 0 Å². The molecule has 2 atom stereocenters. The molecule has 0 spiro atoms. The van der Waals surface area contributed by atoms with E-state index in [-0.39, 0.29) is 0 Å². The van der Waals surface area contributed by atoms with E-state index in [1.807, 2.05) is 0 Å². The molecule has 0 saturated heterocycles. The van der Waals surface area contributed by atoms with E-state index in [0.29, 0.717) is 11.1 Å². The summed E-state index contributed by atoms with van der Waals surface area (Å²) in [6.45, 7) is 4.46. The lowest BCUT2D eigenvalue weighted by atomic mass is 10.0. The summed E-state index contributed by atoms with van der Waals surface area (Å²) in [5.74, 6) is -0.591. The SMILES string of the molecule is C#Cc1ccc(C(C(=O)NCC(=O)OC)N(C)C(=O)C(CC(N)=O)NC(=O)OC(C)(C)C)cc1. The number of rotatable bonds is 9. The first-order valence-corrected chi connectivity index (χ1v) is 10.2. The van der Waals surface area contributed by atoms with Gasteiger partial charge < -0.3 is 30.7 Å². The van der Waals surface area contributed by atoms with Gasteiger partial charge in [0.2, 0.25) is 17.7 Å². The van der Waals surface area contributed by atoms with Gasteiger partial charge in [0, 0.05) is 12.6 Å². The second-order valence-corrected chi connectivity index (χ2v) is 8.28. The van der Waals surface area contributed by atoms with Crippen LogP contribution in [0.1, 0.15) is 44.4 Å². The minimum Gasteiger partial charge on any atom is -0.468 e. The number of hydrogen-bond donors (Lipinski definition) is 3. The number of nitrogens with two attached hydrogens (primary N) is 1. The molecule has 0 radical (unpaired) electrons. The Hall–Kier alpha value is -4.07. The topological polar surface area (TPSA) is 157 Å². The zero-order valence-electron chi connectivity index (χ0n) is 19.8. The largest absolute Gasteiger partial charge is 0.468 e. The minimum absolute atomic E-state index is 0.368. The lowest BCUT2D eigenvalue weighted by Gasteiger charge is -2.31. The lowest BCUT2D eigenvalue weighted by Crippen LogP contribution is -2.53. The normalized spacial score (nSPS) is 12.4. The number of carbonyl (C=O) groups is 5. The number of likely N-dealkylation sites (N-methyl/N-ethyl adjacent to an activating group) is 1.